The summed E-state index contributed by atoms with van der Waals surface area (Å²) in [7, 11) is 0. The summed E-state index contributed by atoms with van der Waals surface area (Å²) in [6, 6.07) is 5.39. The van der Waals surface area contributed by atoms with E-state index in [0.717, 1.165) is 16.8 Å². The first-order chi connectivity index (χ1) is 6.70. The molecule has 2 rings (SSSR count). The summed E-state index contributed by atoms with van der Waals surface area (Å²) in [6.07, 6.45) is 0.390. The van der Waals surface area contributed by atoms with E-state index in [-0.39, 0.29) is 11.7 Å². The second-order valence-corrected chi connectivity index (χ2v) is 3.11. The lowest BCUT2D eigenvalue weighted by Crippen LogP contribution is -2.15. The summed E-state index contributed by atoms with van der Waals surface area (Å²) < 4.78 is 0. The molecular weight excluding hydrogens is 180 g/mol. The van der Waals surface area contributed by atoms with Crippen molar-refractivity contribution >= 4 is 17.4 Å². The van der Waals surface area contributed by atoms with E-state index in [1.54, 1.807) is 12.1 Å². The second kappa shape index (κ2) is 3.02. The Kier molecular flexibility index (Phi) is 1.85. The molecule has 0 bridgehead atoms. The predicted molar refractivity (Wildman–Crippen MR) is 53.7 cm³/mol. The molecule has 5 heteroatoms. The number of fused-ring (bicyclic) bond motifs is 1. The number of carbonyl (C=O) groups is 1. The quantitative estimate of drug-likeness (QED) is 0.247. The molecule has 14 heavy (non-hydrogen) atoms. The Morgan fingerprint density at radius 3 is 3.00 bits per heavy atom. The van der Waals surface area contributed by atoms with Gasteiger partial charge in [-0.2, -0.15) is 5.10 Å². The molecule has 1 aliphatic heterocycles. The van der Waals surface area contributed by atoms with Crippen LogP contribution in [0, 0.1) is 0 Å². The lowest BCUT2D eigenvalue weighted by atomic mass is 10.1. The molecule has 0 saturated heterocycles. The van der Waals surface area contributed by atoms with Crippen molar-refractivity contribution in [3.8, 4) is 0 Å². The molecule has 1 amide bonds. The number of anilines is 1. The Morgan fingerprint density at radius 2 is 2.29 bits per heavy atom. The maximum Gasteiger partial charge on any atom is 0.228 e. The Labute approximate surface area is 80.8 Å². The van der Waals surface area contributed by atoms with Gasteiger partial charge in [0, 0.05) is 11.3 Å². The van der Waals surface area contributed by atoms with Crippen LogP contribution in [0.3, 0.4) is 0 Å². The number of rotatable bonds is 1. The average Bonchev–Trinajstić information content (AvgIpc) is 2.55. The van der Waals surface area contributed by atoms with Crippen LogP contribution in [-0.4, -0.2) is 11.7 Å². The maximum atomic E-state index is 11.1. The second-order valence-electron chi connectivity index (χ2n) is 3.11. The molecule has 5 nitrogen and oxygen atoms in total. The minimum Gasteiger partial charge on any atom is -0.382 e. The van der Waals surface area contributed by atoms with E-state index in [1.165, 1.54) is 0 Å². The summed E-state index contributed by atoms with van der Waals surface area (Å²) in [4.78, 5) is 11.1. The van der Waals surface area contributed by atoms with Crippen LogP contribution in [-0.2, 0) is 11.2 Å². The number of nitrogens with zero attached hydrogens (tertiary/aromatic N) is 1. The molecule has 0 radical (unpaired) electrons. The minimum atomic E-state index is 0.000378. The molecule has 0 saturated carbocycles. The van der Waals surface area contributed by atoms with Crippen LogP contribution in [0.4, 0.5) is 5.69 Å². The molecule has 1 aromatic carbocycles. The Hall–Kier alpha value is -2.04. The first-order valence-electron chi connectivity index (χ1n) is 4.17. The molecule has 1 aromatic rings. The van der Waals surface area contributed by atoms with Gasteiger partial charge in [-0.3, -0.25) is 4.79 Å². The molecule has 0 aliphatic carbocycles. The van der Waals surface area contributed by atoms with E-state index in [2.05, 4.69) is 10.4 Å². The molecule has 72 valence electrons. The largest absolute Gasteiger partial charge is 0.382 e. The van der Waals surface area contributed by atoms with Gasteiger partial charge >= 0.3 is 0 Å². The van der Waals surface area contributed by atoms with Gasteiger partial charge in [0.1, 0.15) is 5.84 Å². The summed E-state index contributed by atoms with van der Waals surface area (Å²) in [6.45, 7) is 0. The number of carbonyl (C=O) groups excluding carboxylic acids is 1. The third-order valence-electron chi connectivity index (χ3n) is 2.17. The zero-order valence-electron chi connectivity index (χ0n) is 7.45. The van der Waals surface area contributed by atoms with Gasteiger partial charge in [0.25, 0.3) is 0 Å². The van der Waals surface area contributed by atoms with Gasteiger partial charge in [-0.05, 0) is 23.8 Å². The third kappa shape index (κ3) is 1.28. The number of hydrazone groups is 1. The minimum absolute atomic E-state index is 0.000378. The highest BCUT2D eigenvalue weighted by Gasteiger charge is 2.17. The van der Waals surface area contributed by atoms with Gasteiger partial charge < -0.3 is 16.9 Å². The molecule has 0 aromatic heterocycles. The topological polar surface area (TPSA) is 93.5 Å². The van der Waals surface area contributed by atoms with Crippen LogP contribution in [0.2, 0.25) is 0 Å². The van der Waals surface area contributed by atoms with Crippen molar-refractivity contribution in [2.75, 3.05) is 5.32 Å². The summed E-state index contributed by atoms with van der Waals surface area (Å²) >= 11 is 0. The van der Waals surface area contributed by atoms with Crippen molar-refractivity contribution < 1.29 is 4.79 Å². The predicted octanol–water partition coefficient (Wildman–Crippen LogP) is -0.240. The molecule has 0 spiro atoms. The Bertz CT molecular complexity index is 425. The van der Waals surface area contributed by atoms with E-state index in [4.69, 9.17) is 11.6 Å². The normalized spacial score (nSPS) is 15.1. The van der Waals surface area contributed by atoms with E-state index in [1.807, 2.05) is 6.07 Å². The van der Waals surface area contributed by atoms with Crippen molar-refractivity contribution in [2.45, 2.75) is 6.42 Å². The van der Waals surface area contributed by atoms with E-state index in [0.29, 0.717) is 6.42 Å². The van der Waals surface area contributed by atoms with Crippen LogP contribution >= 0.6 is 0 Å². The fourth-order valence-electron chi connectivity index (χ4n) is 1.46. The maximum absolute atomic E-state index is 11.1. The zero-order chi connectivity index (χ0) is 10.1. The lowest BCUT2D eigenvalue weighted by Gasteiger charge is -2.02. The van der Waals surface area contributed by atoms with Gasteiger partial charge in [0.05, 0.1) is 6.42 Å². The molecule has 0 fully saturated rings. The standard InChI is InChI=1S/C9H10N4O/c10-9(13-11)5-1-2-7-6(3-5)4-8(14)12-7/h1-3H,4,11H2,(H2,10,13)(H,12,14). The third-order valence-corrected chi connectivity index (χ3v) is 2.17. The number of nitrogens with two attached hydrogens (primary N) is 2. The smallest absolute Gasteiger partial charge is 0.228 e. The highest BCUT2D eigenvalue weighted by atomic mass is 16.1. The number of nitrogens with one attached hydrogen (secondary N) is 1. The molecule has 0 unspecified atom stereocenters. The fourth-order valence-corrected chi connectivity index (χ4v) is 1.46. The summed E-state index contributed by atoms with van der Waals surface area (Å²) in [5, 5.41) is 6.12. The number of amidine groups is 1. The number of amides is 1. The van der Waals surface area contributed by atoms with Crippen molar-refractivity contribution in [3.05, 3.63) is 29.3 Å². The number of hydrogen-bond acceptors (Lipinski definition) is 3. The van der Waals surface area contributed by atoms with Crippen LogP contribution in [0.5, 0.6) is 0 Å². The first-order valence-corrected chi connectivity index (χ1v) is 4.17. The highest BCUT2D eigenvalue weighted by molar-refractivity contribution is 6.02. The molecule has 0 atom stereocenters. The number of benzene rings is 1. The zero-order valence-corrected chi connectivity index (χ0v) is 7.45. The van der Waals surface area contributed by atoms with Crippen LogP contribution < -0.4 is 16.9 Å². The molecular formula is C9H10N4O. The van der Waals surface area contributed by atoms with E-state index >= 15 is 0 Å². The van der Waals surface area contributed by atoms with Gasteiger partial charge in [-0.1, -0.05) is 0 Å². The Balaban J connectivity index is 2.42. The molecule has 1 heterocycles. The van der Waals surface area contributed by atoms with Crippen LogP contribution in [0.25, 0.3) is 0 Å². The average molecular weight is 190 g/mol. The number of hydrogen-bond donors (Lipinski definition) is 3. The SMILES string of the molecule is N/N=C(\N)c1ccc2c(c1)CC(=O)N2. The molecule has 1 aliphatic rings. The van der Waals surface area contributed by atoms with Gasteiger partial charge in [0.2, 0.25) is 5.91 Å². The monoisotopic (exact) mass is 190 g/mol. The Morgan fingerprint density at radius 1 is 1.50 bits per heavy atom. The van der Waals surface area contributed by atoms with Crippen molar-refractivity contribution in [1.82, 2.24) is 0 Å². The van der Waals surface area contributed by atoms with Crippen molar-refractivity contribution in [2.24, 2.45) is 16.7 Å². The highest BCUT2D eigenvalue weighted by Crippen LogP contribution is 2.23. The van der Waals surface area contributed by atoms with Gasteiger partial charge in [-0.15, -0.1) is 0 Å². The van der Waals surface area contributed by atoms with Crippen molar-refractivity contribution in [1.29, 1.82) is 0 Å². The van der Waals surface area contributed by atoms with Crippen LogP contribution in [0.1, 0.15) is 11.1 Å². The van der Waals surface area contributed by atoms with Crippen LogP contribution in [0.15, 0.2) is 23.3 Å². The van der Waals surface area contributed by atoms with Crippen molar-refractivity contribution in [3.63, 3.8) is 0 Å². The van der Waals surface area contributed by atoms with Gasteiger partial charge in [0.15, 0.2) is 0 Å². The first kappa shape index (κ1) is 8.55. The van der Waals surface area contributed by atoms with E-state index in [9.17, 15) is 4.79 Å². The van der Waals surface area contributed by atoms with Gasteiger partial charge in [-0.25, -0.2) is 0 Å². The molecule has 5 N–H and O–H groups in total. The fraction of sp³-hybridized carbons (Fsp3) is 0.111. The summed E-state index contributed by atoms with van der Waals surface area (Å²) in [5.74, 6) is 5.33. The van der Waals surface area contributed by atoms with E-state index < -0.39 is 0 Å². The summed E-state index contributed by atoms with van der Waals surface area (Å²) in [5.41, 5.74) is 8.05. The lowest BCUT2D eigenvalue weighted by molar-refractivity contribution is -0.115.